The van der Waals surface area contributed by atoms with E-state index < -0.39 is 0 Å². The van der Waals surface area contributed by atoms with Crippen molar-refractivity contribution in [3.63, 3.8) is 0 Å². The van der Waals surface area contributed by atoms with Crippen LogP contribution in [0.15, 0.2) is 0 Å². The zero-order valence-electron chi connectivity index (χ0n) is 5.37. The summed E-state index contributed by atoms with van der Waals surface area (Å²) in [5.74, 6) is 0. The van der Waals surface area contributed by atoms with E-state index in [2.05, 4.69) is 5.32 Å². The maximum atomic E-state index is 8.72. The smallest absolute Gasteiger partial charge is 0.0978 e. The zero-order chi connectivity index (χ0) is 6.43. The van der Waals surface area contributed by atoms with Gasteiger partial charge in [0.1, 0.15) is 0 Å². The molecule has 2 fully saturated rings. The Bertz CT molecular complexity index is 128. The minimum atomic E-state index is 0.0602. The van der Waals surface area contributed by atoms with Crippen LogP contribution in [0.4, 0.5) is 0 Å². The Morgan fingerprint density at radius 2 is 2.33 bits per heavy atom. The number of ether oxygens (including phenoxy) is 1. The van der Waals surface area contributed by atoms with E-state index in [-0.39, 0.29) is 12.7 Å². The lowest BCUT2D eigenvalue weighted by Gasteiger charge is -2.11. The van der Waals surface area contributed by atoms with E-state index in [9.17, 15) is 0 Å². The molecule has 4 atom stereocenters. The molecule has 0 radical (unpaired) electrons. The second kappa shape index (κ2) is 1.68. The summed E-state index contributed by atoms with van der Waals surface area (Å²) < 4.78 is 5.36. The predicted octanol–water partition coefficient (Wildman–Crippen LogP) is -0.894. The molecular formula is C6H11NO2. The van der Waals surface area contributed by atoms with E-state index in [1.807, 2.05) is 6.92 Å². The van der Waals surface area contributed by atoms with E-state index in [0.29, 0.717) is 18.2 Å². The van der Waals surface area contributed by atoms with Gasteiger partial charge in [-0.1, -0.05) is 0 Å². The Balaban J connectivity index is 2.00. The van der Waals surface area contributed by atoms with Crippen molar-refractivity contribution in [1.29, 1.82) is 0 Å². The molecule has 2 N–H and O–H groups in total. The number of hydrogen-bond donors (Lipinski definition) is 2. The van der Waals surface area contributed by atoms with Gasteiger partial charge < -0.3 is 15.2 Å². The van der Waals surface area contributed by atoms with Gasteiger partial charge in [-0.3, -0.25) is 0 Å². The number of fused-ring (bicyclic) bond motifs is 1. The van der Waals surface area contributed by atoms with Crippen LogP contribution in [0, 0.1) is 0 Å². The molecular weight excluding hydrogens is 118 g/mol. The fourth-order valence-corrected chi connectivity index (χ4v) is 1.53. The molecule has 2 saturated heterocycles. The van der Waals surface area contributed by atoms with Gasteiger partial charge in [-0.05, 0) is 6.92 Å². The van der Waals surface area contributed by atoms with Gasteiger partial charge in [0, 0.05) is 0 Å². The zero-order valence-corrected chi connectivity index (χ0v) is 5.37. The third-order valence-corrected chi connectivity index (χ3v) is 2.14. The van der Waals surface area contributed by atoms with E-state index in [1.165, 1.54) is 0 Å². The highest BCUT2D eigenvalue weighted by atomic mass is 16.5. The molecule has 2 heterocycles. The van der Waals surface area contributed by atoms with Gasteiger partial charge in [-0.25, -0.2) is 0 Å². The van der Waals surface area contributed by atoms with E-state index in [1.54, 1.807) is 0 Å². The van der Waals surface area contributed by atoms with Crippen molar-refractivity contribution in [2.75, 3.05) is 6.61 Å². The first-order chi connectivity index (χ1) is 4.33. The van der Waals surface area contributed by atoms with Gasteiger partial charge in [-0.15, -0.1) is 0 Å². The van der Waals surface area contributed by atoms with E-state index >= 15 is 0 Å². The maximum Gasteiger partial charge on any atom is 0.0978 e. The van der Waals surface area contributed by atoms with Crippen molar-refractivity contribution in [3.05, 3.63) is 0 Å². The number of aliphatic hydroxyl groups is 1. The highest BCUT2D eigenvalue weighted by Crippen LogP contribution is 2.30. The third kappa shape index (κ3) is 0.689. The molecule has 9 heavy (non-hydrogen) atoms. The molecule has 2 rings (SSSR count). The number of rotatable bonds is 1. The van der Waals surface area contributed by atoms with Crippen LogP contribution in [0.3, 0.4) is 0 Å². The first-order valence-corrected chi connectivity index (χ1v) is 3.35. The summed E-state index contributed by atoms with van der Waals surface area (Å²) >= 11 is 0. The summed E-state index contributed by atoms with van der Waals surface area (Å²) in [6.07, 6.45) is 0.358. The lowest BCUT2D eigenvalue weighted by molar-refractivity contribution is 0.000111. The van der Waals surface area contributed by atoms with Gasteiger partial charge in [0.25, 0.3) is 0 Å². The lowest BCUT2D eigenvalue weighted by atomic mass is 10.2. The molecule has 0 aliphatic carbocycles. The van der Waals surface area contributed by atoms with E-state index in [4.69, 9.17) is 9.84 Å². The molecule has 0 aromatic carbocycles. The normalized spacial score (nSPS) is 55.3. The van der Waals surface area contributed by atoms with Crippen LogP contribution in [-0.2, 0) is 4.74 Å². The molecule has 3 heteroatoms. The van der Waals surface area contributed by atoms with Gasteiger partial charge in [0.05, 0.1) is 30.9 Å². The summed E-state index contributed by atoms with van der Waals surface area (Å²) in [5.41, 5.74) is 0. The summed E-state index contributed by atoms with van der Waals surface area (Å²) in [5, 5.41) is 11.9. The van der Waals surface area contributed by atoms with Crippen LogP contribution in [0.25, 0.3) is 0 Å². The van der Waals surface area contributed by atoms with Crippen LogP contribution in [-0.4, -0.2) is 36.0 Å². The molecule has 0 amide bonds. The van der Waals surface area contributed by atoms with Crippen LogP contribution in [0.5, 0.6) is 0 Å². The highest BCUT2D eigenvalue weighted by Gasteiger charge is 2.53. The first kappa shape index (κ1) is 5.65. The first-order valence-electron chi connectivity index (χ1n) is 3.35. The quantitative estimate of drug-likeness (QED) is 0.451. The Morgan fingerprint density at radius 1 is 1.56 bits per heavy atom. The number of morpholine rings is 1. The lowest BCUT2D eigenvalue weighted by Crippen LogP contribution is -2.25. The minimum Gasteiger partial charge on any atom is -0.394 e. The van der Waals surface area contributed by atoms with Crippen molar-refractivity contribution in [3.8, 4) is 0 Å². The van der Waals surface area contributed by atoms with Crippen molar-refractivity contribution < 1.29 is 9.84 Å². The fraction of sp³-hybridized carbons (Fsp3) is 1.00. The van der Waals surface area contributed by atoms with Crippen LogP contribution < -0.4 is 5.32 Å². The monoisotopic (exact) mass is 129 g/mol. The van der Waals surface area contributed by atoms with Gasteiger partial charge in [-0.2, -0.15) is 0 Å². The Labute approximate surface area is 54.0 Å². The summed E-state index contributed by atoms with van der Waals surface area (Å²) in [6, 6.07) is 0.979. The molecule has 3 nitrogen and oxygen atoms in total. The van der Waals surface area contributed by atoms with Gasteiger partial charge >= 0.3 is 0 Å². The number of aliphatic hydroxyl groups excluding tert-OH is 1. The molecule has 2 aliphatic heterocycles. The average Bonchev–Trinajstić information content (AvgIpc) is 2.56. The summed E-state index contributed by atoms with van der Waals surface area (Å²) in [6.45, 7) is 2.19. The standard InChI is InChI=1S/C6H11NO2/c1-3-5-6(7-5)4(2-8)9-3/h3-8H,2H2,1H3/t3-,4+,5?,6+/m0/s1. The van der Waals surface area contributed by atoms with Crippen molar-refractivity contribution in [1.82, 2.24) is 5.32 Å². The molecule has 0 bridgehead atoms. The third-order valence-electron chi connectivity index (χ3n) is 2.14. The molecule has 52 valence electrons. The second-order valence-electron chi connectivity index (χ2n) is 2.78. The summed E-state index contributed by atoms with van der Waals surface area (Å²) in [7, 11) is 0. The van der Waals surface area contributed by atoms with Crippen LogP contribution in [0.1, 0.15) is 6.92 Å². The SMILES string of the molecule is C[C@@H]1O[C@H](CO)[C@H]2NC12. The Kier molecular flexibility index (Phi) is 1.06. The van der Waals surface area contributed by atoms with Gasteiger partial charge in [0.2, 0.25) is 0 Å². The van der Waals surface area contributed by atoms with Crippen LogP contribution in [0.2, 0.25) is 0 Å². The number of nitrogens with one attached hydrogen (secondary N) is 1. The average molecular weight is 129 g/mol. The Hall–Kier alpha value is -0.120. The topological polar surface area (TPSA) is 51.4 Å². The fourth-order valence-electron chi connectivity index (χ4n) is 1.53. The predicted molar refractivity (Wildman–Crippen MR) is 32.1 cm³/mol. The van der Waals surface area contributed by atoms with E-state index in [0.717, 1.165) is 0 Å². The molecule has 0 spiro atoms. The maximum absolute atomic E-state index is 8.72. The summed E-state index contributed by atoms with van der Waals surface area (Å²) in [4.78, 5) is 0. The van der Waals surface area contributed by atoms with Gasteiger partial charge in [0.15, 0.2) is 0 Å². The molecule has 2 aliphatic rings. The number of hydrogen-bond acceptors (Lipinski definition) is 3. The van der Waals surface area contributed by atoms with Crippen LogP contribution >= 0.6 is 0 Å². The second-order valence-corrected chi connectivity index (χ2v) is 2.78. The Morgan fingerprint density at radius 3 is 2.56 bits per heavy atom. The molecule has 1 unspecified atom stereocenters. The molecule has 0 aromatic rings. The molecule has 0 saturated carbocycles. The highest BCUT2D eigenvalue weighted by molar-refractivity contribution is 5.11. The largest absolute Gasteiger partial charge is 0.394 e. The van der Waals surface area contributed by atoms with Crippen molar-refractivity contribution in [2.45, 2.75) is 31.2 Å². The van der Waals surface area contributed by atoms with Crippen molar-refractivity contribution >= 4 is 0 Å². The van der Waals surface area contributed by atoms with Crippen molar-refractivity contribution in [2.24, 2.45) is 0 Å². The molecule has 0 aromatic heterocycles. The minimum absolute atomic E-state index is 0.0602.